The predicted molar refractivity (Wildman–Crippen MR) is 82.0 cm³/mol. The van der Waals surface area contributed by atoms with E-state index in [1.54, 1.807) is 7.11 Å². The van der Waals surface area contributed by atoms with Crippen LogP contribution in [0.4, 0.5) is 0 Å². The van der Waals surface area contributed by atoms with Crippen LogP contribution in [-0.2, 0) is 16.1 Å². The first-order valence-corrected chi connectivity index (χ1v) is 6.84. The van der Waals surface area contributed by atoms with Gasteiger partial charge in [0, 0.05) is 26.2 Å². The van der Waals surface area contributed by atoms with Crippen LogP contribution in [0.25, 0.3) is 0 Å². The highest BCUT2D eigenvalue weighted by Crippen LogP contribution is 2.28. The third-order valence-electron chi connectivity index (χ3n) is 3.26. The highest BCUT2D eigenvalue weighted by molar-refractivity contribution is 5.85. The van der Waals surface area contributed by atoms with Crippen LogP contribution in [0.1, 0.15) is 18.4 Å². The van der Waals surface area contributed by atoms with Crippen molar-refractivity contribution < 1.29 is 9.53 Å². The van der Waals surface area contributed by atoms with Crippen molar-refractivity contribution in [2.45, 2.75) is 25.4 Å². The molecule has 0 aliphatic heterocycles. The summed E-state index contributed by atoms with van der Waals surface area (Å²) in [5, 5.41) is 3.12. The van der Waals surface area contributed by atoms with Crippen LogP contribution < -0.4 is 5.32 Å². The van der Waals surface area contributed by atoms with E-state index >= 15 is 0 Å². The second-order valence-corrected chi connectivity index (χ2v) is 4.91. The fourth-order valence-corrected chi connectivity index (χ4v) is 2.06. The molecule has 0 unspecified atom stereocenters. The Labute approximate surface area is 126 Å². The second kappa shape index (κ2) is 8.95. The van der Waals surface area contributed by atoms with Gasteiger partial charge in [0.05, 0.1) is 13.2 Å². The second-order valence-electron chi connectivity index (χ2n) is 4.91. The van der Waals surface area contributed by atoms with E-state index in [9.17, 15) is 4.79 Å². The third-order valence-corrected chi connectivity index (χ3v) is 3.26. The van der Waals surface area contributed by atoms with E-state index in [0.717, 1.165) is 19.4 Å². The van der Waals surface area contributed by atoms with Crippen LogP contribution in [0, 0.1) is 0 Å². The van der Waals surface area contributed by atoms with Gasteiger partial charge in [0.15, 0.2) is 0 Å². The molecule has 1 saturated carbocycles. The van der Waals surface area contributed by atoms with Gasteiger partial charge in [-0.05, 0) is 18.4 Å². The molecule has 1 fully saturated rings. The van der Waals surface area contributed by atoms with Crippen LogP contribution in [0.3, 0.4) is 0 Å². The van der Waals surface area contributed by atoms with E-state index in [4.69, 9.17) is 4.74 Å². The Balaban J connectivity index is 0.00000200. The van der Waals surface area contributed by atoms with Gasteiger partial charge in [-0.3, -0.25) is 4.79 Å². The van der Waals surface area contributed by atoms with Crippen LogP contribution in [0.15, 0.2) is 30.3 Å². The molecule has 0 spiro atoms. The summed E-state index contributed by atoms with van der Waals surface area (Å²) in [5.74, 6) is 0.183. The lowest BCUT2D eigenvalue weighted by Crippen LogP contribution is -2.39. The Bertz CT molecular complexity index is 396. The van der Waals surface area contributed by atoms with Crippen molar-refractivity contribution in [3.8, 4) is 0 Å². The molecule has 1 aliphatic rings. The van der Waals surface area contributed by atoms with Crippen molar-refractivity contribution in [1.82, 2.24) is 10.2 Å². The van der Waals surface area contributed by atoms with E-state index in [2.05, 4.69) is 17.4 Å². The fourth-order valence-electron chi connectivity index (χ4n) is 2.06. The maximum atomic E-state index is 12.2. The normalized spacial score (nSPS) is 13.7. The summed E-state index contributed by atoms with van der Waals surface area (Å²) in [6.45, 7) is 2.46. The molecule has 0 saturated heterocycles. The standard InChI is InChI=1S/C15H22N2O2.ClH/c1-19-10-9-16-11-15(18)17(14-7-8-14)12-13-5-3-2-4-6-13;/h2-6,14,16H,7-12H2,1H3;1H. The Morgan fingerprint density at radius 1 is 1.35 bits per heavy atom. The van der Waals surface area contributed by atoms with E-state index in [1.165, 1.54) is 5.56 Å². The molecule has 1 amide bonds. The average Bonchev–Trinajstić information content (AvgIpc) is 3.26. The van der Waals surface area contributed by atoms with Crippen molar-refractivity contribution in [1.29, 1.82) is 0 Å². The molecule has 1 aliphatic carbocycles. The highest BCUT2D eigenvalue weighted by atomic mass is 35.5. The zero-order valence-electron chi connectivity index (χ0n) is 11.9. The third kappa shape index (κ3) is 5.49. The molecule has 0 aromatic heterocycles. The average molecular weight is 299 g/mol. The Hall–Kier alpha value is -1.10. The molecule has 1 aromatic rings. The number of benzene rings is 1. The minimum absolute atomic E-state index is 0. The van der Waals surface area contributed by atoms with Gasteiger partial charge in [0.1, 0.15) is 0 Å². The molecule has 5 heteroatoms. The molecule has 0 heterocycles. The zero-order valence-corrected chi connectivity index (χ0v) is 12.7. The minimum Gasteiger partial charge on any atom is -0.383 e. The summed E-state index contributed by atoms with van der Waals surface area (Å²) >= 11 is 0. The van der Waals surface area contributed by atoms with Gasteiger partial charge in [-0.15, -0.1) is 12.4 Å². The number of hydrogen-bond acceptors (Lipinski definition) is 3. The van der Waals surface area contributed by atoms with Gasteiger partial charge in [-0.2, -0.15) is 0 Å². The quantitative estimate of drug-likeness (QED) is 0.745. The lowest BCUT2D eigenvalue weighted by atomic mass is 10.2. The van der Waals surface area contributed by atoms with Crippen LogP contribution in [0.2, 0.25) is 0 Å². The number of ether oxygens (including phenoxy) is 1. The number of halogens is 1. The van der Waals surface area contributed by atoms with Crippen molar-refractivity contribution >= 4 is 18.3 Å². The van der Waals surface area contributed by atoms with Gasteiger partial charge >= 0.3 is 0 Å². The first-order valence-electron chi connectivity index (χ1n) is 6.84. The van der Waals surface area contributed by atoms with E-state index in [-0.39, 0.29) is 18.3 Å². The SMILES string of the molecule is COCCNCC(=O)N(Cc1ccccc1)C1CC1.Cl. The van der Waals surface area contributed by atoms with Crippen molar-refractivity contribution in [3.05, 3.63) is 35.9 Å². The molecule has 4 nitrogen and oxygen atoms in total. The van der Waals surface area contributed by atoms with Crippen molar-refractivity contribution in [3.63, 3.8) is 0 Å². The smallest absolute Gasteiger partial charge is 0.237 e. The number of nitrogens with zero attached hydrogens (tertiary/aromatic N) is 1. The number of methoxy groups -OCH3 is 1. The predicted octanol–water partition coefficient (Wildman–Crippen LogP) is 1.84. The largest absolute Gasteiger partial charge is 0.383 e. The monoisotopic (exact) mass is 298 g/mol. The number of carbonyl (C=O) groups excluding carboxylic acids is 1. The van der Waals surface area contributed by atoms with Crippen molar-refractivity contribution in [2.24, 2.45) is 0 Å². The highest BCUT2D eigenvalue weighted by Gasteiger charge is 2.32. The van der Waals surface area contributed by atoms with Crippen LogP contribution in [0.5, 0.6) is 0 Å². The maximum Gasteiger partial charge on any atom is 0.237 e. The van der Waals surface area contributed by atoms with E-state index < -0.39 is 0 Å². The minimum atomic E-state index is 0. The molecule has 1 aromatic carbocycles. The number of amides is 1. The Kier molecular flexibility index (Phi) is 7.59. The van der Waals surface area contributed by atoms with Gasteiger partial charge in [-0.1, -0.05) is 30.3 Å². The fraction of sp³-hybridized carbons (Fsp3) is 0.533. The first-order chi connectivity index (χ1) is 9.31. The maximum absolute atomic E-state index is 12.2. The number of nitrogens with one attached hydrogen (secondary N) is 1. The summed E-state index contributed by atoms with van der Waals surface area (Å²) in [6, 6.07) is 10.6. The molecule has 112 valence electrons. The molecule has 0 atom stereocenters. The number of carbonyl (C=O) groups is 1. The number of hydrogen-bond donors (Lipinski definition) is 1. The Morgan fingerprint density at radius 3 is 2.65 bits per heavy atom. The first kappa shape index (κ1) is 17.0. The topological polar surface area (TPSA) is 41.6 Å². The summed E-state index contributed by atoms with van der Waals surface area (Å²) < 4.78 is 4.95. The van der Waals surface area contributed by atoms with E-state index in [0.29, 0.717) is 25.7 Å². The molecule has 1 N–H and O–H groups in total. The molecule has 2 rings (SSSR count). The molecular formula is C15H23ClN2O2. The van der Waals surface area contributed by atoms with Gasteiger partial charge < -0.3 is 15.0 Å². The molecule has 0 radical (unpaired) electrons. The summed E-state index contributed by atoms with van der Waals surface area (Å²) in [6.07, 6.45) is 2.27. The lowest BCUT2D eigenvalue weighted by molar-refractivity contribution is -0.131. The van der Waals surface area contributed by atoms with Gasteiger partial charge in [0.25, 0.3) is 0 Å². The summed E-state index contributed by atoms with van der Waals surface area (Å²) in [7, 11) is 1.66. The lowest BCUT2D eigenvalue weighted by Gasteiger charge is -2.22. The summed E-state index contributed by atoms with van der Waals surface area (Å²) in [5.41, 5.74) is 1.19. The number of rotatable bonds is 8. The van der Waals surface area contributed by atoms with Gasteiger partial charge in [-0.25, -0.2) is 0 Å². The van der Waals surface area contributed by atoms with Crippen LogP contribution >= 0.6 is 12.4 Å². The van der Waals surface area contributed by atoms with Gasteiger partial charge in [0.2, 0.25) is 5.91 Å². The molecule has 0 bridgehead atoms. The van der Waals surface area contributed by atoms with Crippen LogP contribution in [-0.4, -0.2) is 43.7 Å². The molecular weight excluding hydrogens is 276 g/mol. The zero-order chi connectivity index (χ0) is 13.5. The molecule has 20 heavy (non-hydrogen) atoms. The Morgan fingerprint density at radius 2 is 2.05 bits per heavy atom. The van der Waals surface area contributed by atoms with Crippen molar-refractivity contribution in [2.75, 3.05) is 26.8 Å². The van der Waals surface area contributed by atoms with E-state index in [1.807, 2.05) is 23.1 Å². The summed E-state index contributed by atoms with van der Waals surface area (Å²) in [4.78, 5) is 14.2.